The van der Waals surface area contributed by atoms with Gasteiger partial charge in [-0.15, -0.1) is 11.8 Å². The zero-order valence-electron chi connectivity index (χ0n) is 10.9. The zero-order valence-corrected chi connectivity index (χ0v) is 13.2. The standard InChI is InChI=1S/C13H16Cl2N2OS/c1-8-7-16-3-4-17(8)13(18)9-5-12(19-2)11(15)6-10(9)14/h5-6,8,16H,3-4,7H2,1-2H3/t8-/m1/s1. The lowest BCUT2D eigenvalue weighted by Gasteiger charge is -2.34. The maximum absolute atomic E-state index is 12.6. The van der Waals surface area contributed by atoms with Crippen molar-refractivity contribution in [3.8, 4) is 0 Å². The number of nitrogens with one attached hydrogen (secondary N) is 1. The Kier molecular flexibility index (Phi) is 5.01. The van der Waals surface area contributed by atoms with Crippen LogP contribution < -0.4 is 5.32 Å². The number of thioether (sulfide) groups is 1. The highest BCUT2D eigenvalue weighted by Crippen LogP contribution is 2.32. The van der Waals surface area contributed by atoms with Gasteiger partial charge in [0.15, 0.2) is 0 Å². The number of hydrogen-bond acceptors (Lipinski definition) is 3. The molecule has 0 aromatic heterocycles. The second-order valence-electron chi connectivity index (χ2n) is 4.52. The number of hydrogen-bond donors (Lipinski definition) is 1. The summed E-state index contributed by atoms with van der Waals surface area (Å²) >= 11 is 13.8. The summed E-state index contributed by atoms with van der Waals surface area (Å²) in [7, 11) is 0. The maximum atomic E-state index is 12.6. The molecule has 1 saturated heterocycles. The fourth-order valence-electron chi connectivity index (χ4n) is 2.15. The highest BCUT2D eigenvalue weighted by Gasteiger charge is 2.26. The first-order valence-corrected chi connectivity index (χ1v) is 8.07. The molecule has 3 nitrogen and oxygen atoms in total. The van der Waals surface area contributed by atoms with Crippen molar-refractivity contribution < 1.29 is 4.79 Å². The molecule has 1 N–H and O–H groups in total. The van der Waals surface area contributed by atoms with Gasteiger partial charge in [-0.25, -0.2) is 0 Å². The SMILES string of the molecule is CSc1cc(C(=O)N2CCNC[C@H]2C)c(Cl)cc1Cl. The van der Waals surface area contributed by atoms with Gasteiger partial charge in [-0.3, -0.25) is 4.79 Å². The molecule has 0 saturated carbocycles. The largest absolute Gasteiger partial charge is 0.333 e. The number of amides is 1. The topological polar surface area (TPSA) is 32.3 Å². The van der Waals surface area contributed by atoms with E-state index in [1.807, 2.05) is 18.1 Å². The molecule has 1 heterocycles. The molecular formula is C13H16Cl2N2OS. The summed E-state index contributed by atoms with van der Waals surface area (Å²) in [5, 5.41) is 4.27. The highest BCUT2D eigenvalue weighted by atomic mass is 35.5. The van der Waals surface area contributed by atoms with Crippen molar-refractivity contribution in [3.05, 3.63) is 27.7 Å². The molecule has 1 aromatic rings. The van der Waals surface area contributed by atoms with Crippen LogP contribution in [0.1, 0.15) is 17.3 Å². The van der Waals surface area contributed by atoms with E-state index in [0.717, 1.165) is 18.0 Å². The minimum atomic E-state index is -0.0223. The van der Waals surface area contributed by atoms with Crippen LogP contribution in [0.3, 0.4) is 0 Å². The third-order valence-electron chi connectivity index (χ3n) is 3.23. The summed E-state index contributed by atoms with van der Waals surface area (Å²) in [5.41, 5.74) is 0.532. The molecule has 0 spiro atoms. The van der Waals surface area contributed by atoms with E-state index in [1.165, 1.54) is 11.8 Å². The fourth-order valence-corrected chi connectivity index (χ4v) is 3.33. The van der Waals surface area contributed by atoms with Gasteiger partial charge in [0, 0.05) is 30.6 Å². The molecule has 1 fully saturated rings. The molecule has 1 amide bonds. The fraction of sp³-hybridized carbons (Fsp3) is 0.462. The maximum Gasteiger partial charge on any atom is 0.255 e. The van der Waals surface area contributed by atoms with Gasteiger partial charge in [0.25, 0.3) is 5.91 Å². The average Bonchev–Trinajstić information content (AvgIpc) is 2.39. The normalized spacial score (nSPS) is 19.6. The van der Waals surface area contributed by atoms with Crippen LogP contribution in [0.5, 0.6) is 0 Å². The third kappa shape index (κ3) is 3.19. The van der Waals surface area contributed by atoms with E-state index >= 15 is 0 Å². The lowest BCUT2D eigenvalue weighted by molar-refractivity contribution is 0.0655. The van der Waals surface area contributed by atoms with Crippen LogP contribution in [0.15, 0.2) is 17.0 Å². The van der Waals surface area contributed by atoms with Crippen LogP contribution in [0.4, 0.5) is 0 Å². The van der Waals surface area contributed by atoms with Crippen molar-refractivity contribution in [1.82, 2.24) is 10.2 Å². The molecule has 1 aromatic carbocycles. The van der Waals surface area contributed by atoms with Crippen LogP contribution in [-0.4, -0.2) is 42.7 Å². The summed E-state index contributed by atoms with van der Waals surface area (Å²) < 4.78 is 0. The van der Waals surface area contributed by atoms with Gasteiger partial charge in [0.1, 0.15) is 0 Å². The number of benzene rings is 1. The Morgan fingerprint density at radius 1 is 1.42 bits per heavy atom. The molecular weight excluding hydrogens is 303 g/mol. The van der Waals surface area contributed by atoms with Crippen LogP contribution in [0.2, 0.25) is 10.0 Å². The Balaban J connectivity index is 2.32. The molecule has 2 rings (SSSR count). The highest BCUT2D eigenvalue weighted by molar-refractivity contribution is 7.98. The monoisotopic (exact) mass is 318 g/mol. The van der Waals surface area contributed by atoms with E-state index in [2.05, 4.69) is 5.32 Å². The van der Waals surface area contributed by atoms with E-state index < -0.39 is 0 Å². The molecule has 104 valence electrons. The van der Waals surface area contributed by atoms with E-state index in [9.17, 15) is 4.79 Å². The molecule has 0 bridgehead atoms. The van der Waals surface area contributed by atoms with Crippen molar-refractivity contribution in [2.75, 3.05) is 25.9 Å². The zero-order chi connectivity index (χ0) is 14.0. The van der Waals surface area contributed by atoms with Crippen LogP contribution in [0, 0.1) is 0 Å². The van der Waals surface area contributed by atoms with Crippen molar-refractivity contribution in [3.63, 3.8) is 0 Å². The Labute approximate surface area is 127 Å². The summed E-state index contributed by atoms with van der Waals surface area (Å²) in [4.78, 5) is 15.3. The predicted molar refractivity (Wildman–Crippen MR) is 81.6 cm³/mol. The molecule has 1 aliphatic rings. The summed E-state index contributed by atoms with van der Waals surface area (Å²) in [6.45, 7) is 4.36. The summed E-state index contributed by atoms with van der Waals surface area (Å²) in [6, 6.07) is 3.60. The average molecular weight is 319 g/mol. The van der Waals surface area contributed by atoms with Gasteiger partial charge < -0.3 is 10.2 Å². The molecule has 0 aliphatic carbocycles. The summed E-state index contributed by atoms with van der Waals surface area (Å²) in [6.07, 6.45) is 1.93. The van der Waals surface area contributed by atoms with Crippen LogP contribution >= 0.6 is 35.0 Å². The van der Waals surface area contributed by atoms with Gasteiger partial charge in [-0.2, -0.15) is 0 Å². The second kappa shape index (κ2) is 6.35. The minimum absolute atomic E-state index is 0.0223. The van der Waals surface area contributed by atoms with E-state index in [0.29, 0.717) is 22.2 Å². The number of rotatable bonds is 2. The Bertz CT molecular complexity index is 496. The first kappa shape index (κ1) is 15.0. The lowest BCUT2D eigenvalue weighted by Crippen LogP contribution is -2.52. The molecule has 1 aliphatic heterocycles. The van der Waals surface area contributed by atoms with Crippen molar-refractivity contribution in [1.29, 1.82) is 0 Å². The quantitative estimate of drug-likeness (QED) is 0.850. The van der Waals surface area contributed by atoms with Crippen LogP contribution in [0.25, 0.3) is 0 Å². The number of halogens is 2. The molecule has 6 heteroatoms. The molecule has 0 radical (unpaired) electrons. The van der Waals surface area contributed by atoms with Crippen LogP contribution in [-0.2, 0) is 0 Å². The number of nitrogens with zero attached hydrogens (tertiary/aromatic N) is 1. The van der Waals surface area contributed by atoms with Gasteiger partial charge in [-0.05, 0) is 25.3 Å². The molecule has 1 atom stereocenters. The van der Waals surface area contributed by atoms with E-state index in [4.69, 9.17) is 23.2 Å². The third-order valence-corrected chi connectivity index (χ3v) is 4.75. The number of carbonyl (C=O) groups excluding carboxylic acids is 1. The first-order valence-electron chi connectivity index (χ1n) is 6.09. The molecule has 19 heavy (non-hydrogen) atoms. The number of carbonyl (C=O) groups is 1. The summed E-state index contributed by atoms with van der Waals surface area (Å²) in [5.74, 6) is -0.0223. The number of piperazine rings is 1. The van der Waals surface area contributed by atoms with Crippen molar-refractivity contribution in [2.45, 2.75) is 17.9 Å². The van der Waals surface area contributed by atoms with Gasteiger partial charge in [0.2, 0.25) is 0 Å². The van der Waals surface area contributed by atoms with Gasteiger partial charge in [0.05, 0.1) is 15.6 Å². The van der Waals surface area contributed by atoms with Crippen molar-refractivity contribution >= 4 is 40.9 Å². The molecule has 0 unspecified atom stereocenters. The Morgan fingerprint density at radius 2 is 2.16 bits per heavy atom. The Hall–Kier alpha value is -0.420. The minimum Gasteiger partial charge on any atom is -0.333 e. The Morgan fingerprint density at radius 3 is 2.79 bits per heavy atom. The second-order valence-corrected chi connectivity index (χ2v) is 6.18. The van der Waals surface area contributed by atoms with E-state index in [-0.39, 0.29) is 11.9 Å². The predicted octanol–water partition coefficient (Wildman–Crippen LogP) is 3.15. The van der Waals surface area contributed by atoms with Gasteiger partial charge in [-0.1, -0.05) is 23.2 Å². The van der Waals surface area contributed by atoms with E-state index in [1.54, 1.807) is 12.1 Å². The first-order chi connectivity index (χ1) is 9.04. The van der Waals surface area contributed by atoms with Gasteiger partial charge >= 0.3 is 0 Å². The van der Waals surface area contributed by atoms with Crippen molar-refractivity contribution in [2.24, 2.45) is 0 Å². The smallest absolute Gasteiger partial charge is 0.255 e. The lowest BCUT2D eigenvalue weighted by atomic mass is 10.1.